The van der Waals surface area contributed by atoms with E-state index in [1.165, 1.54) is 12.4 Å². The Labute approximate surface area is 169 Å². The van der Waals surface area contributed by atoms with Crippen LogP contribution in [0.3, 0.4) is 0 Å². The number of carbonyl (C=O) groups excluding carboxylic acids is 1. The number of carbonyl (C=O) groups is 1. The van der Waals surface area contributed by atoms with Crippen LogP contribution in [0.1, 0.15) is 33.1 Å². The van der Waals surface area contributed by atoms with Crippen molar-refractivity contribution in [1.29, 1.82) is 0 Å². The maximum Gasteiger partial charge on any atom is 0.255 e. The molecular weight excluding hydrogens is 368 g/mol. The highest BCUT2D eigenvalue weighted by Gasteiger charge is 2.34. The summed E-state index contributed by atoms with van der Waals surface area (Å²) >= 11 is 0. The summed E-state index contributed by atoms with van der Waals surface area (Å²) in [5.74, 6) is 1.20. The molecule has 0 aliphatic carbocycles. The van der Waals surface area contributed by atoms with E-state index in [0.29, 0.717) is 34.8 Å². The van der Waals surface area contributed by atoms with Crippen LogP contribution in [0.4, 0.5) is 0 Å². The molecule has 1 aliphatic heterocycles. The van der Waals surface area contributed by atoms with Gasteiger partial charge in [0.05, 0.1) is 25.8 Å². The molecule has 29 heavy (non-hydrogen) atoms. The highest BCUT2D eigenvalue weighted by molar-refractivity contribution is 5.94. The molecule has 1 aromatic heterocycles. The van der Waals surface area contributed by atoms with Crippen LogP contribution in [0.2, 0.25) is 0 Å². The zero-order valence-electron chi connectivity index (χ0n) is 16.4. The smallest absolute Gasteiger partial charge is 0.255 e. The van der Waals surface area contributed by atoms with Gasteiger partial charge >= 0.3 is 0 Å². The summed E-state index contributed by atoms with van der Waals surface area (Å²) < 4.78 is 11.6. The van der Waals surface area contributed by atoms with E-state index in [4.69, 9.17) is 9.47 Å². The van der Waals surface area contributed by atoms with Crippen molar-refractivity contribution in [2.24, 2.45) is 0 Å². The second-order valence-electron chi connectivity index (χ2n) is 6.91. The first-order valence-corrected chi connectivity index (χ1v) is 9.42. The Morgan fingerprint density at radius 3 is 2.34 bits per heavy atom. The number of methoxy groups -OCH3 is 2. The second-order valence-corrected chi connectivity index (χ2v) is 6.91. The Morgan fingerprint density at radius 1 is 1.03 bits per heavy atom. The van der Waals surface area contributed by atoms with Gasteiger partial charge in [0.15, 0.2) is 23.9 Å². The molecule has 6 heteroatoms. The van der Waals surface area contributed by atoms with Crippen molar-refractivity contribution < 1.29 is 19.0 Å². The maximum absolute atomic E-state index is 13.3. The number of rotatable bonds is 4. The monoisotopic (exact) mass is 390 g/mol. The Balaban J connectivity index is 1.83. The summed E-state index contributed by atoms with van der Waals surface area (Å²) in [5, 5.41) is 11.4. The van der Waals surface area contributed by atoms with Gasteiger partial charge in [-0.3, -0.25) is 4.79 Å². The number of aromatic nitrogens is 1. The van der Waals surface area contributed by atoms with Crippen molar-refractivity contribution in [2.75, 3.05) is 20.8 Å². The highest BCUT2D eigenvalue weighted by atomic mass is 16.5. The molecule has 2 heterocycles. The van der Waals surface area contributed by atoms with Gasteiger partial charge < -0.3 is 19.6 Å². The summed E-state index contributed by atoms with van der Waals surface area (Å²) in [6.45, 7) is 0.563. The number of amides is 1. The van der Waals surface area contributed by atoms with Crippen molar-refractivity contribution in [3.63, 3.8) is 0 Å². The van der Waals surface area contributed by atoms with Gasteiger partial charge in [0, 0.05) is 18.7 Å². The van der Waals surface area contributed by atoms with Crippen molar-refractivity contribution in [3.8, 4) is 11.5 Å². The largest absolute Gasteiger partial charge is 0.619 e. The normalized spacial score (nSPS) is 15.5. The molecule has 6 nitrogen and oxygen atoms in total. The number of ether oxygens (including phenoxy) is 2. The first-order valence-electron chi connectivity index (χ1n) is 9.42. The minimum atomic E-state index is -0.258. The lowest BCUT2D eigenvalue weighted by atomic mass is 9.87. The van der Waals surface area contributed by atoms with Crippen LogP contribution >= 0.6 is 0 Å². The van der Waals surface area contributed by atoms with Crippen LogP contribution in [0.5, 0.6) is 11.5 Å². The van der Waals surface area contributed by atoms with Crippen LogP contribution in [0, 0.1) is 5.21 Å². The number of nitrogens with zero attached hydrogens (tertiary/aromatic N) is 2. The van der Waals surface area contributed by atoms with Crippen molar-refractivity contribution >= 4 is 5.91 Å². The van der Waals surface area contributed by atoms with E-state index in [1.807, 2.05) is 47.4 Å². The molecule has 0 fully saturated rings. The van der Waals surface area contributed by atoms with Crippen molar-refractivity contribution in [2.45, 2.75) is 12.5 Å². The lowest BCUT2D eigenvalue weighted by Crippen LogP contribution is -2.41. The van der Waals surface area contributed by atoms with Gasteiger partial charge in [-0.15, -0.1) is 0 Å². The van der Waals surface area contributed by atoms with E-state index < -0.39 is 0 Å². The lowest BCUT2D eigenvalue weighted by Gasteiger charge is -2.38. The minimum Gasteiger partial charge on any atom is -0.619 e. The highest BCUT2D eigenvalue weighted by Crippen LogP contribution is 2.41. The maximum atomic E-state index is 13.3. The molecule has 2 aromatic carbocycles. The summed E-state index contributed by atoms with van der Waals surface area (Å²) in [5.41, 5.74) is 3.65. The Kier molecular flexibility index (Phi) is 5.08. The fourth-order valence-electron chi connectivity index (χ4n) is 3.88. The Morgan fingerprint density at radius 2 is 1.69 bits per heavy atom. The van der Waals surface area contributed by atoms with E-state index in [0.717, 1.165) is 16.7 Å². The second kappa shape index (κ2) is 7.83. The molecule has 0 radical (unpaired) electrons. The molecule has 3 aromatic rings. The first-order chi connectivity index (χ1) is 14.1. The number of hydrogen-bond acceptors (Lipinski definition) is 4. The molecule has 0 N–H and O–H groups in total. The number of benzene rings is 2. The third-order valence-electron chi connectivity index (χ3n) is 5.30. The van der Waals surface area contributed by atoms with Gasteiger partial charge in [-0.25, -0.2) is 0 Å². The summed E-state index contributed by atoms with van der Waals surface area (Å²) in [7, 11) is 3.23. The fourth-order valence-corrected chi connectivity index (χ4v) is 3.88. The van der Waals surface area contributed by atoms with Gasteiger partial charge in [-0.2, -0.15) is 4.73 Å². The number of hydrogen-bond donors (Lipinski definition) is 0. The summed E-state index contributed by atoms with van der Waals surface area (Å²) in [6.07, 6.45) is 3.40. The minimum absolute atomic E-state index is 0.111. The van der Waals surface area contributed by atoms with Crippen LogP contribution in [0.25, 0.3) is 0 Å². The van der Waals surface area contributed by atoms with Gasteiger partial charge in [-0.1, -0.05) is 30.3 Å². The molecular formula is C23H22N2O4. The van der Waals surface area contributed by atoms with Crippen LogP contribution in [0.15, 0.2) is 67.0 Å². The van der Waals surface area contributed by atoms with E-state index in [9.17, 15) is 10.0 Å². The summed E-state index contributed by atoms with van der Waals surface area (Å²) in [6, 6.07) is 16.7. The van der Waals surface area contributed by atoms with Crippen LogP contribution in [-0.4, -0.2) is 31.6 Å². The topological polar surface area (TPSA) is 65.7 Å². The standard InChI is InChI=1S/C23H22N2O4/c1-28-20-14-18-10-13-25(23(26)17-8-11-24(27)12-9-17)22(16-6-4-3-5-7-16)19(18)15-21(20)29-2/h3-9,11-12,14-15,22H,10,13H2,1-2H3. The number of fused-ring (bicyclic) bond motifs is 1. The van der Waals surface area contributed by atoms with E-state index >= 15 is 0 Å². The predicted molar refractivity (Wildman–Crippen MR) is 108 cm³/mol. The van der Waals surface area contributed by atoms with Crippen molar-refractivity contribution in [3.05, 3.63) is 94.5 Å². The Bertz CT molecular complexity index is 1020. The van der Waals surface area contributed by atoms with E-state index in [-0.39, 0.29) is 11.9 Å². The molecule has 0 bridgehead atoms. The SMILES string of the molecule is COc1cc2c(cc1OC)C(c1ccccc1)N(C(=O)c1cc[n+]([O-])cc1)CC2. The van der Waals surface area contributed by atoms with Gasteiger partial charge in [0.2, 0.25) is 0 Å². The average Bonchev–Trinajstić information content (AvgIpc) is 2.77. The molecule has 1 unspecified atom stereocenters. The van der Waals surface area contributed by atoms with E-state index in [2.05, 4.69) is 0 Å². The fraction of sp³-hybridized carbons (Fsp3) is 0.217. The third kappa shape index (κ3) is 3.49. The molecule has 1 atom stereocenters. The lowest BCUT2D eigenvalue weighted by molar-refractivity contribution is -0.605. The van der Waals surface area contributed by atoms with Crippen LogP contribution < -0.4 is 14.2 Å². The number of pyridine rings is 1. The van der Waals surface area contributed by atoms with Crippen molar-refractivity contribution in [1.82, 2.24) is 4.90 Å². The molecule has 0 saturated carbocycles. The van der Waals surface area contributed by atoms with Gasteiger partial charge in [-0.05, 0) is 35.2 Å². The molecule has 1 aliphatic rings. The summed E-state index contributed by atoms with van der Waals surface area (Å²) in [4.78, 5) is 15.2. The molecule has 148 valence electrons. The third-order valence-corrected chi connectivity index (χ3v) is 5.30. The van der Waals surface area contributed by atoms with Crippen LogP contribution in [-0.2, 0) is 6.42 Å². The average molecular weight is 390 g/mol. The molecule has 1 amide bonds. The predicted octanol–water partition coefficient (Wildman–Crippen LogP) is 3.13. The first kappa shape index (κ1) is 18.8. The van der Waals surface area contributed by atoms with Gasteiger partial charge in [0.25, 0.3) is 5.91 Å². The quantitative estimate of drug-likeness (QED) is 0.507. The zero-order chi connectivity index (χ0) is 20.4. The van der Waals surface area contributed by atoms with Gasteiger partial charge in [0.1, 0.15) is 0 Å². The molecule has 4 rings (SSSR count). The van der Waals surface area contributed by atoms with E-state index in [1.54, 1.807) is 26.4 Å². The molecule has 0 saturated heterocycles. The Hall–Kier alpha value is -3.54. The zero-order valence-corrected chi connectivity index (χ0v) is 16.4. The molecule has 0 spiro atoms.